The molecule has 0 saturated heterocycles. The van der Waals surface area contributed by atoms with Crippen molar-refractivity contribution in [1.29, 1.82) is 0 Å². The van der Waals surface area contributed by atoms with Gasteiger partial charge in [-0.15, -0.1) is 0 Å². The predicted octanol–water partition coefficient (Wildman–Crippen LogP) is 2.32. The number of nitrogens with two attached hydrogens (primary N) is 1. The molecule has 0 radical (unpaired) electrons. The average molecular weight is 260 g/mol. The molecule has 0 aliphatic carbocycles. The topological polar surface area (TPSA) is 103 Å². The van der Waals surface area contributed by atoms with Crippen molar-refractivity contribution in [3.05, 3.63) is 46.6 Å². The van der Waals surface area contributed by atoms with Crippen molar-refractivity contribution >= 4 is 22.9 Å². The Morgan fingerprint density at radius 1 is 1.32 bits per heavy atom. The summed E-state index contributed by atoms with van der Waals surface area (Å²) in [6, 6.07) is 7.99. The van der Waals surface area contributed by atoms with Crippen LogP contribution in [-0.2, 0) is 0 Å². The first-order chi connectivity index (χ1) is 9.10. The largest absolute Gasteiger partial charge is 0.490 e. The first kappa shape index (κ1) is 12.6. The molecule has 0 saturated carbocycles. The molecule has 0 fully saturated rings. The fourth-order valence-corrected chi connectivity index (χ4v) is 1.56. The Balaban J connectivity index is 2.28. The second-order valence-electron chi connectivity index (χ2n) is 3.74. The number of rotatable bonds is 4. The minimum atomic E-state index is -0.495. The second kappa shape index (κ2) is 5.21. The number of nitro groups is 1. The van der Waals surface area contributed by atoms with Crippen LogP contribution >= 0.6 is 0 Å². The number of hydrogen-bond donors (Lipinski definition) is 2. The van der Waals surface area contributed by atoms with Crippen LogP contribution in [0.2, 0.25) is 0 Å². The van der Waals surface area contributed by atoms with E-state index in [0.29, 0.717) is 17.2 Å². The molecule has 2 rings (SSSR count). The number of benzene rings is 1. The molecule has 2 aromatic rings. The number of anilines is 3. The number of nitrogens with one attached hydrogen (secondary N) is 1. The summed E-state index contributed by atoms with van der Waals surface area (Å²) in [5.41, 5.74) is 6.63. The van der Waals surface area contributed by atoms with Gasteiger partial charge in [-0.05, 0) is 24.3 Å². The van der Waals surface area contributed by atoms with E-state index in [-0.39, 0.29) is 11.4 Å². The van der Waals surface area contributed by atoms with Gasteiger partial charge in [0.2, 0.25) is 0 Å². The second-order valence-corrected chi connectivity index (χ2v) is 3.74. The van der Waals surface area contributed by atoms with Crippen molar-refractivity contribution in [2.75, 3.05) is 18.2 Å². The third-order valence-electron chi connectivity index (χ3n) is 2.45. The minimum Gasteiger partial charge on any atom is -0.490 e. The van der Waals surface area contributed by atoms with Gasteiger partial charge in [0, 0.05) is 11.8 Å². The molecular weight excluding hydrogens is 248 g/mol. The van der Waals surface area contributed by atoms with Crippen molar-refractivity contribution in [3.8, 4) is 5.75 Å². The van der Waals surface area contributed by atoms with Crippen molar-refractivity contribution in [1.82, 2.24) is 4.98 Å². The van der Waals surface area contributed by atoms with E-state index in [1.807, 2.05) is 0 Å². The van der Waals surface area contributed by atoms with Gasteiger partial charge >= 0.3 is 5.69 Å². The summed E-state index contributed by atoms with van der Waals surface area (Å²) in [5.74, 6) is 0.622. The standard InChI is InChI=1S/C12H12N4O3/c1-19-11-4-2-8(6-10(11)16(17)18)15-9-3-5-12(13)14-7-9/h2-7,15H,1H3,(H2,13,14). The minimum absolute atomic E-state index is 0.101. The molecule has 1 aromatic carbocycles. The van der Waals surface area contributed by atoms with Crippen molar-refractivity contribution < 1.29 is 9.66 Å². The maximum absolute atomic E-state index is 10.9. The van der Waals surface area contributed by atoms with E-state index in [9.17, 15) is 10.1 Å². The summed E-state index contributed by atoms with van der Waals surface area (Å²) in [6.07, 6.45) is 1.55. The van der Waals surface area contributed by atoms with Gasteiger partial charge in [0.05, 0.1) is 23.9 Å². The maximum Gasteiger partial charge on any atom is 0.312 e. The van der Waals surface area contributed by atoms with Gasteiger partial charge < -0.3 is 15.8 Å². The van der Waals surface area contributed by atoms with Crippen LogP contribution in [0, 0.1) is 10.1 Å². The summed E-state index contributed by atoms with van der Waals surface area (Å²) in [5, 5.41) is 13.9. The molecule has 0 aliphatic heterocycles. The van der Waals surface area contributed by atoms with Crippen LogP contribution in [0.4, 0.5) is 22.9 Å². The first-order valence-corrected chi connectivity index (χ1v) is 5.41. The smallest absolute Gasteiger partial charge is 0.312 e. The summed E-state index contributed by atoms with van der Waals surface area (Å²) >= 11 is 0. The molecule has 1 heterocycles. The zero-order valence-corrected chi connectivity index (χ0v) is 10.2. The Morgan fingerprint density at radius 2 is 2.05 bits per heavy atom. The lowest BCUT2D eigenvalue weighted by Crippen LogP contribution is -1.97. The SMILES string of the molecule is COc1ccc(Nc2ccc(N)nc2)cc1[N+](=O)[O-]. The van der Waals surface area contributed by atoms with Crippen molar-refractivity contribution in [2.24, 2.45) is 0 Å². The van der Waals surface area contributed by atoms with Gasteiger partial charge in [0.15, 0.2) is 5.75 Å². The van der Waals surface area contributed by atoms with Gasteiger partial charge in [-0.25, -0.2) is 4.98 Å². The highest BCUT2D eigenvalue weighted by Crippen LogP contribution is 2.30. The van der Waals surface area contributed by atoms with E-state index in [1.54, 1.807) is 24.4 Å². The Morgan fingerprint density at radius 3 is 2.63 bits per heavy atom. The normalized spacial score (nSPS) is 9.95. The number of pyridine rings is 1. The lowest BCUT2D eigenvalue weighted by molar-refractivity contribution is -0.385. The molecular formula is C12H12N4O3. The monoisotopic (exact) mass is 260 g/mol. The van der Waals surface area contributed by atoms with E-state index >= 15 is 0 Å². The average Bonchev–Trinajstić information content (AvgIpc) is 2.41. The Labute approximate surface area is 109 Å². The quantitative estimate of drug-likeness (QED) is 0.645. The molecule has 0 unspecified atom stereocenters. The number of nitro benzene ring substituents is 1. The highest BCUT2D eigenvalue weighted by atomic mass is 16.6. The zero-order valence-electron chi connectivity index (χ0n) is 10.2. The number of aromatic nitrogens is 1. The predicted molar refractivity (Wildman–Crippen MR) is 71.6 cm³/mol. The van der Waals surface area contributed by atoms with E-state index in [0.717, 1.165) is 0 Å². The summed E-state index contributed by atoms with van der Waals surface area (Å²) in [4.78, 5) is 14.3. The van der Waals surface area contributed by atoms with Gasteiger partial charge in [-0.3, -0.25) is 10.1 Å². The third kappa shape index (κ3) is 2.89. The van der Waals surface area contributed by atoms with Crippen LogP contribution in [0.3, 0.4) is 0 Å². The number of methoxy groups -OCH3 is 1. The number of hydrogen-bond acceptors (Lipinski definition) is 6. The van der Waals surface area contributed by atoms with Crippen molar-refractivity contribution in [2.45, 2.75) is 0 Å². The van der Waals surface area contributed by atoms with E-state index in [2.05, 4.69) is 10.3 Å². The molecule has 0 atom stereocenters. The molecule has 98 valence electrons. The van der Waals surface area contributed by atoms with E-state index in [4.69, 9.17) is 10.5 Å². The van der Waals surface area contributed by atoms with E-state index < -0.39 is 4.92 Å². The van der Waals surface area contributed by atoms with E-state index in [1.165, 1.54) is 19.2 Å². The number of ether oxygens (including phenoxy) is 1. The Hall–Kier alpha value is -2.83. The maximum atomic E-state index is 10.9. The summed E-state index contributed by atoms with van der Waals surface area (Å²) in [6.45, 7) is 0. The van der Waals surface area contributed by atoms with Crippen LogP contribution < -0.4 is 15.8 Å². The Kier molecular flexibility index (Phi) is 3.46. The fraction of sp³-hybridized carbons (Fsp3) is 0.0833. The first-order valence-electron chi connectivity index (χ1n) is 5.41. The van der Waals surface area contributed by atoms with Gasteiger partial charge in [0.1, 0.15) is 5.82 Å². The lowest BCUT2D eigenvalue weighted by atomic mass is 10.2. The van der Waals surface area contributed by atoms with Gasteiger partial charge in [0.25, 0.3) is 0 Å². The molecule has 0 amide bonds. The molecule has 7 nitrogen and oxygen atoms in total. The molecule has 0 bridgehead atoms. The number of nitrogens with zero attached hydrogens (tertiary/aromatic N) is 2. The van der Waals surface area contributed by atoms with Crippen LogP contribution in [-0.4, -0.2) is 17.0 Å². The summed E-state index contributed by atoms with van der Waals surface area (Å²) < 4.78 is 4.93. The molecule has 1 aromatic heterocycles. The molecule has 0 spiro atoms. The molecule has 0 aliphatic rings. The van der Waals surface area contributed by atoms with Crippen LogP contribution in [0.25, 0.3) is 0 Å². The molecule has 7 heteroatoms. The highest BCUT2D eigenvalue weighted by molar-refractivity contribution is 5.65. The Bertz CT molecular complexity index is 598. The molecule has 3 N–H and O–H groups in total. The highest BCUT2D eigenvalue weighted by Gasteiger charge is 2.15. The van der Waals surface area contributed by atoms with Crippen LogP contribution in [0.5, 0.6) is 5.75 Å². The van der Waals surface area contributed by atoms with Crippen LogP contribution in [0.15, 0.2) is 36.5 Å². The third-order valence-corrected chi connectivity index (χ3v) is 2.45. The number of nitrogen functional groups attached to an aromatic ring is 1. The summed E-state index contributed by atoms with van der Waals surface area (Å²) in [7, 11) is 1.39. The van der Waals surface area contributed by atoms with Gasteiger partial charge in [-0.1, -0.05) is 0 Å². The van der Waals surface area contributed by atoms with Crippen molar-refractivity contribution in [3.63, 3.8) is 0 Å². The zero-order chi connectivity index (χ0) is 13.8. The lowest BCUT2D eigenvalue weighted by Gasteiger charge is -2.07. The molecule has 19 heavy (non-hydrogen) atoms. The van der Waals surface area contributed by atoms with Gasteiger partial charge in [-0.2, -0.15) is 0 Å². The van der Waals surface area contributed by atoms with Crippen LogP contribution in [0.1, 0.15) is 0 Å². The fourth-order valence-electron chi connectivity index (χ4n) is 1.56.